The van der Waals surface area contributed by atoms with Crippen molar-refractivity contribution in [3.8, 4) is 0 Å². The van der Waals surface area contributed by atoms with E-state index in [1.165, 1.54) is 0 Å². The van der Waals surface area contributed by atoms with Crippen molar-refractivity contribution in [2.75, 3.05) is 6.54 Å². The van der Waals surface area contributed by atoms with Crippen molar-refractivity contribution in [3.05, 3.63) is 28.2 Å². The molecule has 0 saturated heterocycles. The summed E-state index contributed by atoms with van der Waals surface area (Å²) in [5, 5.41) is 9.61. The molecule has 2 rings (SSSR count). The lowest BCUT2D eigenvalue weighted by Crippen LogP contribution is -2.33. The lowest BCUT2D eigenvalue weighted by molar-refractivity contribution is 0.102. The Hall–Kier alpha value is -0.430. The number of halogens is 1. The van der Waals surface area contributed by atoms with Crippen molar-refractivity contribution in [1.82, 2.24) is 4.72 Å². The Morgan fingerprint density at radius 2 is 2.15 bits per heavy atom. The van der Waals surface area contributed by atoms with E-state index in [1.54, 1.807) is 18.2 Å². The average Bonchev–Trinajstić information content (AvgIpc) is 2.40. The molecule has 0 radical (unpaired) electrons. The molecular formula is C14H20BrNO3S. The number of benzene rings is 1. The fourth-order valence-corrected chi connectivity index (χ4v) is 3.99. The van der Waals surface area contributed by atoms with Crippen LogP contribution in [-0.2, 0) is 10.0 Å². The minimum Gasteiger partial charge on any atom is -0.393 e. The maximum absolute atomic E-state index is 12.2. The Labute approximate surface area is 128 Å². The summed E-state index contributed by atoms with van der Waals surface area (Å²) >= 11 is 3.36. The van der Waals surface area contributed by atoms with E-state index in [0.29, 0.717) is 13.0 Å². The van der Waals surface area contributed by atoms with Gasteiger partial charge in [0, 0.05) is 11.0 Å². The van der Waals surface area contributed by atoms with Gasteiger partial charge >= 0.3 is 0 Å². The van der Waals surface area contributed by atoms with Gasteiger partial charge in [0.2, 0.25) is 10.0 Å². The van der Waals surface area contributed by atoms with Crippen molar-refractivity contribution in [2.24, 2.45) is 5.92 Å². The van der Waals surface area contributed by atoms with Gasteiger partial charge in [-0.3, -0.25) is 0 Å². The highest BCUT2D eigenvalue weighted by Crippen LogP contribution is 2.24. The summed E-state index contributed by atoms with van der Waals surface area (Å²) in [6, 6.07) is 4.99. The fraction of sp³-hybridized carbons (Fsp3) is 0.571. The van der Waals surface area contributed by atoms with Gasteiger partial charge in [-0.05, 0) is 55.9 Å². The van der Waals surface area contributed by atoms with Gasteiger partial charge in [0.1, 0.15) is 0 Å². The van der Waals surface area contributed by atoms with Crippen LogP contribution in [0.5, 0.6) is 0 Å². The van der Waals surface area contributed by atoms with E-state index < -0.39 is 10.0 Å². The Morgan fingerprint density at radius 1 is 1.40 bits per heavy atom. The monoisotopic (exact) mass is 361 g/mol. The Bertz CT molecular complexity index is 574. The van der Waals surface area contributed by atoms with Crippen LogP contribution >= 0.6 is 15.9 Å². The molecule has 2 unspecified atom stereocenters. The van der Waals surface area contributed by atoms with Gasteiger partial charge in [-0.2, -0.15) is 0 Å². The fourth-order valence-electron chi connectivity index (χ4n) is 2.54. The highest BCUT2D eigenvalue weighted by Gasteiger charge is 2.22. The topological polar surface area (TPSA) is 66.4 Å². The minimum atomic E-state index is -3.47. The zero-order valence-electron chi connectivity index (χ0n) is 11.5. The van der Waals surface area contributed by atoms with Crippen LogP contribution in [0.25, 0.3) is 0 Å². The van der Waals surface area contributed by atoms with E-state index >= 15 is 0 Å². The van der Waals surface area contributed by atoms with Gasteiger partial charge in [0.25, 0.3) is 0 Å². The molecule has 112 valence electrons. The maximum Gasteiger partial charge on any atom is 0.240 e. The molecule has 0 aliphatic heterocycles. The number of nitrogens with one attached hydrogen (secondary N) is 1. The van der Waals surface area contributed by atoms with Gasteiger partial charge in [-0.15, -0.1) is 0 Å². The normalized spacial score (nSPS) is 23.8. The van der Waals surface area contributed by atoms with Gasteiger partial charge in [-0.25, -0.2) is 13.1 Å². The zero-order valence-corrected chi connectivity index (χ0v) is 13.9. The highest BCUT2D eigenvalue weighted by atomic mass is 79.9. The van der Waals surface area contributed by atoms with Gasteiger partial charge < -0.3 is 5.11 Å². The third-order valence-corrected chi connectivity index (χ3v) is 6.07. The predicted octanol–water partition coefficient (Wildman–Crippen LogP) is 2.59. The van der Waals surface area contributed by atoms with E-state index in [1.807, 2.05) is 6.92 Å². The summed E-state index contributed by atoms with van der Waals surface area (Å²) in [5.41, 5.74) is 0.890. The highest BCUT2D eigenvalue weighted by molar-refractivity contribution is 9.10. The molecule has 6 heteroatoms. The number of sulfonamides is 1. The molecule has 1 aromatic carbocycles. The van der Waals surface area contributed by atoms with Crippen LogP contribution in [0.2, 0.25) is 0 Å². The lowest BCUT2D eigenvalue weighted by Gasteiger charge is -2.25. The largest absolute Gasteiger partial charge is 0.393 e. The summed E-state index contributed by atoms with van der Waals surface area (Å²) in [6.07, 6.45) is 3.16. The molecule has 0 bridgehead atoms. The molecule has 1 aromatic rings. The molecule has 20 heavy (non-hydrogen) atoms. The smallest absolute Gasteiger partial charge is 0.240 e. The van der Waals surface area contributed by atoms with E-state index in [9.17, 15) is 13.5 Å². The average molecular weight is 362 g/mol. The van der Waals surface area contributed by atoms with Crippen LogP contribution in [0.15, 0.2) is 27.6 Å². The van der Waals surface area contributed by atoms with Crippen LogP contribution < -0.4 is 4.72 Å². The lowest BCUT2D eigenvalue weighted by atomic mass is 9.87. The second-order valence-electron chi connectivity index (χ2n) is 5.45. The molecule has 1 aliphatic carbocycles. The Morgan fingerprint density at radius 3 is 2.80 bits per heavy atom. The molecule has 2 N–H and O–H groups in total. The summed E-state index contributed by atoms with van der Waals surface area (Å²) in [6.45, 7) is 2.26. The number of aliphatic hydroxyl groups is 1. The van der Waals surface area contributed by atoms with E-state index in [2.05, 4.69) is 20.7 Å². The first-order valence-corrected chi connectivity index (χ1v) is 9.10. The van der Waals surface area contributed by atoms with Crippen molar-refractivity contribution >= 4 is 26.0 Å². The van der Waals surface area contributed by atoms with E-state index in [0.717, 1.165) is 29.3 Å². The summed E-state index contributed by atoms with van der Waals surface area (Å²) in [7, 11) is -3.47. The molecule has 1 saturated carbocycles. The summed E-state index contributed by atoms with van der Waals surface area (Å²) < 4.78 is 28.0. The van der Waals surface area contributed by atoms with Gasteiger partial charge in [0.05, 0.1) is 11.0 Å². The molecule has 0 amide bonds. The molecule has 1 aliphatic rings. The Kier molecular flexibility index (Phi) is 5.23. The molecule has 1 fully saturated rings. The summed E-state index contributed by atoms with van der Waals surface area (Å²) in [5.74, 6) is 0.227. The molecule has 0 aromatic heterocycles. The van der Waals surface area contributed by atoms with Crippen LogP contribution in [0.3, 0.4) is 0 Å². The molecule has 4 nitrogen and oxygen atoms in total. The van der Waals surface area contributed by atoms with Crippen molar-refractivity contribution in [3.63, 3.8) is 0 Å². The standard InChI is InChI=1S/C14H20BrNO3S/c1-10-7-13(5-6-14(10)15)20(18,19)16-9-11-3-2-4-12(17)8-11/h5-7,11-12,16-17H,2-4,8-9H2,1H3. The van der Waals surface area contributed by atoms with Crippen LogP contribution in [-0.4, -0.2) is 26.2 Å². The Balaban J connectivity index is 2.01. The van der Waals surface area contributed by atoms with Gasteiger partial charge in [-0.1, -0.05) is 22.4 Å². The van der Waals surface area contributed by atoms with E-state index in [4.69, 9.17) is 0 Å². The van der Waals surface area contributed by atoms with Crippen LogP contribution in [0.1, 0.15) is 31.2 Å². The number of aliphatic hydroxyl groups excluding tert-OH is 1. The zero-order chi connectivity index (χ0) is 14.8. The molecular weight excluding hydrogens is 342 g/mol. The third kappa shape index (κ3) is 4.04. The predicted molar refractivity (Wildman–Crippen MR) is 82.0 cm³/mol. The SMILES string of the molecule is Cc1cc(S(=O)(=O)NCC2CCCC(O)C2)ccc1Br. The van der Waals surface area contributed by atoms with Crippen molar-refractivity contribution in [1.29, 1.82) is 0 Å². The first-order valence-electron chi connectivity index (χ1n) is 6.82. The molecule has 2 atom stereocenters. The third-order valence-electron chi connectivity index (χ3n) is 3.76. The minimum absolute atomic E-state index is 0.227. The number of aryl methyl sites for hydroxylation is 1. The van der Waals surface area contributed by atoms with Crippen molar-refractivity contribution in [2.45, 2.75) is 43.6 Å². The second kappa shape index (κ2) is 6.56. The van der Waals surface area contributed by atoms with Crippen LogP contribution in [0.4, 0.5) is 0 Å². The number of rotatable bonds is 4. The second-order valence-corrected chi connectivity index (χ2v) is 8.07. The maximum atomic E-state index is 12.2. The number of hydrogen-bond donors (Lipinski definition) is 2. The molecule has 0 spiro atoms. The van der Waals surface area contributed by atoms with Crippen molar-refractivity contribution < 1.29 is 13.5 Å². The van der Waals surface area contributed by atoms with Crippen LogP contribution in [0, 0.1) is 12.8 Å². The first kappa shape index (κ1) is 15.9. The number of hydrogen-bond acceptors (Lipinski definition) is 3. The van der Waals surface area contributed by atoms with E-state index in [-0.39, 0.29) is 16.9 Å². The van der Waals surface area contributed by atoms with Gasteiger partial charge in [0.15, 0.2) is 0 Å². The summed E-state index contributed by atoms with van der Waals surface area (Å²) in [4.78, 5) is 0.287. The first-order chi connectivity index (χ1) is 9.38. The quantitative estimate of drug-likeness (QED) is 0.865. The molecule has 0 heterocycles.